The maximum atomic E-state index is 11.5. The summed E-state index contributed by atoms with van der Waals surface area (Å²) in [6.45, 7) is 1.34. The number of aromatic nitrogens is 1. The molecule has 0 bridgehead atoms. The van der Waals surface area contributed by atoms with Gasteiger partial charge in [0.2, 0.25) is 5.91 Å². The molecule has 3 rings (SSSR count). The number of nitrogens with one attached hydrogen (secondary N) is 1. The van der Waals surface area contributed by atoms with Gasteiger partial charge in [-0.05, 0) is 12.1 Å². The molecule has 0 radical (unpaired) electrons. The topological polar surface area (TPSA) is 65.5 Å². The molecule has 0 spiro atoms. The normalized spacial score (nSPS) is 20.1. The van der Waals surface area contributed by atoms with Crippen molar-refractivity contribution in [3.05, 3.63) is 23.4 Å². The zero-order valence-corrected chi connectivity index (χ0v) is 10.2. The number of hydrogen-bond acceptors (Lipinski definition) is 4. The smallest absolute Gasteiger partial charge is 0.324 e. The monoisotopic (exact) mass is 266 g/mol. The molecule has 1 N–H and O–H groups in total. The van der Waals surface area contributed by atoms with Crippen molar-refractivity contribution in [2.24, 2.45) is 0 Å². The van der Waals surface area contributed by atoms with Crippen molar-refractivity contribution in [2.45, 2.75) is 6.04 Å². The van der Waals surface area contributed by atoms with Crippen molar-refractivity contribution in [1.82, 2.24) is 15.2 Å². The second kappa shape index (κ2) is 4.13. The molecule has 2 saturated heterocycles. The highest BCUT2D eigenvalue weighted by atomic mass is 35.5. The van der Waals surface area contributed by atoms with Gasteiger partial charge in [0, 0.05) is 19.3 Å². The van der Waals surface area contributed by atoms with Gasteiger partial charge in [0.1, 0.15) is 5.82 Å². The summed E-state index contributed by atoms with van der Waals surface area (Å²) in [7, 11) is 0. The number of amides is 3. The van der Waals surface area contributed by atoms with Gasteiger partial charge in [0.25, 0.3) is 0 Å². The zero-order chi connectivity index (χ0) is 12.7. The van der Waals surface area contributed by atoms with Crippen LogP contribution in [0.1, 0.15) is 0 Å². The van der Waals surface area contributed by atoms with Gasteiger partial charge < -0.3 is 10.2 Å². The first kappa shape index (κ1) is 11.3. The maximum absolute atomic E-state index is 11.5. The highest BCUT2D eigenvalue weighted by Gasteiger charge is 2.41. The fourth-order valence-electron chi connectivity index (χ4n) is 2.17. The minimum Gasteiger partial charge on any atom is -0.352 e. The fraction of sp³-hybridized carbons (Fsp3) is 0.364. The second-order valence-corrected chi connectivity index (χ2v) is 4.75. The molecule has 2 aliphatic heterocycles. The largest absolute Gasteiger partial charge is 0.352 e. The summed E-state index contributed by atoms with van der Waals surface area (Å²) in [4.78, 5) is 30.4. The van der Waals surface area contributed by atoms with Crippen molar-refractivity contribution in [2.75, 3.05) is 24.5 Å². The molecule has 0 atom stereocenters. The quantitative estimate of drug-likeness (QED) is 0.791. The van der Waals surface area contributed by atoms with Gasteiger partial charge in [-0.15, -0.1) is 0 Å². The van der Waals surface area contributed by atoms with Gasteiger partial charge in [0.05, 0.1) is 17.6 Å². The van der Waals surface area contributed by atoms with Crippen LogP contribution in [-0.4, -0.2) is 47.5 Å². The molecule has 7 heteroatoms. The van der Waals surface area contributed by atoms with E-state index >= 15 is 0 Å². The first-order chi connectivity index (χ1) is 8.65. The van der Waals surface area contributed by atoms with E-state index < -0.39 is 0 Å². The average molecular weight is 267 g/mol. The first-order valence-corrected chi connectivity index (χ1v) is 5.99. The molecule has 0 aromatic carbocycles. The third-order valence-electron chi connectivity index (χ3n) is 3.14. The van der Waals surface area contributed by atoms with E-state index in [1.807, 2.05) is 11.0 Å². The van der Waals surface area contributed by atoms with Gasteiger partial charge >= 0.3 is 6.03 Å². The van der Waals surface area contributed by atoms with Gasteiger partial charge in [-0.25, -0.2) is 9.78 Å². The number of rotatable bonds is 2. The Morgan fingerprint density at radius 3 is 2.67 bits per heavy atom. The van der Waals surface area contributed by atoms with Crippen molar-refractivity contribution in [1.29, 1.82) is 0 Å². The molecule has 6 nitrogen and oxygen atoms in total. The number of carbonyl (C=O) groups is 2. The molecule has 1 aromatic heterocycles. The molecule has 0 saturated carbocycles. The minimum absolute atomic E-state index is 0.0579. The number of halogens is 1. The second-order valence-electron chi connectivity index (χ2n) is 4.32. The van der Waals surface area contributed by atoms with Crippen LogP contribution < -0.4 is 10.2 Å². The highest BCUT2D eigenvalue weighted by Crippen LogP contribution is 2.23. The lowest BCUT2D eigenvalue weighted by atomic mass is 10.1. The Bertz CT molecular complexity index is 482. The summed E-state index contributed by atoms with van der Waals surface area (Å²) < 4.78 is 0. The number of urea groups is 1. The van der Waals surface area contributed by atoms with Gasteiger partial charge in [0.15, 0.2) is 0 Å². The molecule has 2 fully saturated rings. The molecular formula is C11H11ClN4O2. The Morgan fingerprint density at radius 1 is 1.33 bits per heavy atom. The number of hydrogen-bond donors (Lipinski definition) is 1. The van der Waals surface area contributed by atoms with Crippen LogP contribution in [0.5, 0.6) is 0 Å². The number of nitrogens with zero attached hydrogens (tertiary/aromatic N) is 3. The van der Waals surface area contributed by atoms with E-state index in [2.05, 4.69) is 10.3 Å². The van der Waals surface area contributed by atoms with E-state index in [0.29, 0.717) is 18.1 Å². The SMILES string of the molecule is O=C1CNC(=O)N1C1CN(c2ccc(Cl)cn2)C1. The van der Waals surface area contributed by atoms with Crippen molar-refractivity contribution in [3.63, 3.8) is 0 Å². The molecule has 0 unspecified atom stereocenters. The Kier molecular flexibility index (Phi) is 2.59. The van der Waals surface area contributed by atoms with Crippen molar-refractivity contribution >= 4 is 29.4 Å². The maximum Gasteiger partial charge on any atom is 0.324 e. The molecule has 1 aromatic rings. The third-order valence-corrected chi connectivity index (χ3v) is 3.37. The zero-order valence-electron chi connectivity index (χ0n) is 9.47. The van der Waals surface area contributed by atoms with Crippen LogP contribution in [0.4, 0.5) is 10.6 Å². The summed E-state index contributed by atoms with van der Waals surface area (Å²) in [5.41, 5.74) is 0. The number of anilines is 1. The molecule has 3 amide bonds. The summed E-state index contributed by atoms with van der Waals surface area (Å²) in [6.07, 6.45) is 1.58. The van der Waals surface area contributed by atoms with Crippen molar-refractivity contribution in [3.8, 4) is 0 Å². The van der Waals surface area contributed by atoms with Gasteiger partial charge in [-0.2, -0.15) is 0 Å². The highest BCUT2D eigenvalue weighted by molar-refractivity contribution is 6.30. The van der Waals surface area contributed by atoms with Crippen LogP contribution in [0, 0.1) is 0 Å². The summed E-state index contributed by atoms with van der Waals surface area (Å²) in [5, 5.41) is 3.10. The molecule has 3 heterocycles. The fourth-order valence-corrected chi connectivity index (χ4v) is 2.28. The third kappa shape index (κ3) is 1.78. The lowest BCUT2D eigenvalue weighted by Crippen LogP contribution is -2.61. The van der Waals surface area contributed by atoms with E-state index in [1.54, 1.807) is 12.3 Å². The summed E-state index contributed by atoms with van der Waals surface area (Å²) in [5.74, 6) is 0.649. The molecule has 18 heavy (non-hydrogen) atoms. The molecule has 2 aliphatic rings. The van der Waals surface area contributed by atoms with Crippen LogP contribution >= 0.6 is 11.6 Å². The Balaban J connectivity index is 1.65. The minimum atomic E-state index is -0.297. The van der Waals surface area contributed by atoms with Crippen LogP contribution in [-0.2, 0) is 4.79 Å². The Morgan fingerprint density at radius 2 is 2.11 bits per heavy atom. The molecule has 0 aliphatic carbocycles. The number of carbonyl (C=O) groups excluding carboxylic acids is 2. The number of imide groups is 1. The van der Waals surface area contributed by atoms with E-state index in [1.165, 1.54) is 4.90 Å². The molecule has 94 valence electrons. The number of pyridine rings is 1. The van der Waals surface area contributed by atoms with E-state index in [4.69, 9.17) is 11.6 Å². The standard InChI is InChI=1S/C11H11ClN4O2/c12-7-1-2-9(13-3-7)15-5-8(6-15)16-10(17)4-14-11(16)18/h1-3,8H,4-6H2,(H,14,18). The lowest BCUT2D eigenvalue weighted by molar-refractivity contribution is -0.126. The van der Waals surface area contributed by atoms with E-state index in [-0.39, 0.29) is 24.5 Å². The van der Waals surface area contributed by atoms with Crippen LogP contribution in [0.25, 0.3) is 0 Å². The van der Waals surface area contributed by atoms with Crippen LogP contribution in [0.15, 0.2) is 18.3 Å². The van der Waals surface area contributed by atoms with E-state index in [9.17, 15) is 9.59 Å². The Hall–Kier alpha value is -1.82. The average Bonchev–Trinajstić information content (AvgIpc) is 2.61. The van der Waals surface area contributed by atoms with Gasteiger partial charge in [-0.3, -0.25) is 9.69 Å². The predicted molar refractivity (Wildman–Crippen MR) is 65.5 cm³/mol. The van der Waals surface area contributed by atoms with Gasteiger partial charge in [-0.1, -0.05) is 11.6 Å². The first-order valence-electron chi connectivity index (χ1n) is 5.61. The van der Waals surface area contributed by atoms with Crippen LogP contribution in [0.3, 0.4) is 0 Å². The predicted octanol–water partition coefficient (Wildman–Crippen LogP) is 0.475. The van der Waals surface area contributed by atoms with Crippen molar-refractivity contribution < 1.29 is 9.59 Å². The Labute approximate surface area is 109 Å². The molecular weight excluding hydrogens is 256 g/mol. The summed E-state index contributed by atoms with van der Waals surface area (Å²) >= 11 is 5.76. The van der Waals surface area contributed by atoms with Crippen LogP contribution in [0.2, 0.25) is 5.02 Å². The lowest BCUT2D eigenvalue weighted by Gasteiger charge is -2.43. The summed E-state index contributed by atoms with van der Waals surface area (Å²) in [6, 6.07) is 3.24. The van der Waals surface area contributed by atoms with E-state index in [0.717, 1.165) is 5.82 Å².